The molecule has 0 aromatic heterocycles. The number of rotatable bonds is 3. The number of hydrogen-bond donors (Lipinski definition) is 3. The molecule has 0 saturated carbocycles. The fourth-order valence-corrected chi connectivity index (χ4v) is 0.848. The Morgan fingerprint density at radius 1 is 1.55 bits per heavy atom. The van der Waals surface area contributed by atoms with Gasteiger partial charge in [-0.15, -0.1) is 0 Å². The number of carbonyl (C=O) groups excluding carboxylic acids is 2. The van der Waals surface area contributed by atoms with Crippen LogP contribution >= 0.6 is 0 Å². The summed E-state index contributed by atoms with van der Waals surface area (Å²) in [5.41, 5.74) is 0. The number of nitrogens with one attached hydrogen (secondary N) is 2. The lowest BCUT2D eigenvalue weighted by Gasteiger charge is -2.03. The van der Waals surface area contributed by atoms with Crippen molar-refractivity contribution in [2.45, 2.75) is 12.5 Å². The molecule has 4 N–H and O–H groups in total. The quantitative estimate of drug-likeness (QED) is 0.344. The fourth-order valence-electron chi connectivity index (χ4n) is 0.848. The maximum Gasteiger partial charge on any atom is 0.322 e. The summed E-state index contributed by atoms with van der Waals surface area (Å²) < 4.78 is 0. The van der Waals surface area contributed by atoms with Crippen molar-refractivity contribution in [2.24, 2.45) is 5.90 Å². The molecule has 0 spiro atoms. The van der Waals surface area contributed by atoms with E-state index in [1.165, 1.54) is 0 Å². The number of nitrogens with two attached hydrogens (primary N) is 1. The number of carbonyl (C=O) groups is 2. The molecular formula is C5H9N3O3. The summed E-state index contributed by atoms with van der Waals surface area (Å²) in [6.45, 7) is 0.248. The van der Waals surface area contributed by atoms with E-state index in [2.05, 4.69) is 15.5 Å². The van der Waals surface area contributed by atoms with E-state index < -0.39 is 12.1 Å². The van der Waals surface area contributed by atoms with E-state index in [1.54, 1.807) is 0 Å². The van der Waals surface area contributed by atoms with Gasteiger partial charge in [0.05, 0.1) is 6.61 Å². The molecule has 0 aliphatic carbocycles. The van der Waals surface area contributed by atoms with Gasteiger partial charge in [0.15, 0.2) is 0 Å². The summed E-state index contributed by atoms with van der Waals surface area (Å²) in [5.74, 6) is 4.42. The second kappa shape index (κ2) is 3.31. The third-order valence-corrected chi connectivity index (χ3v) is 1.38. The Bertz CT molecular complexity index is 182. The maximum absolute atomic E-state index is 10.8. The van der Waals surface area contributed by atoms with Crippen LogP contribution in [0.2, 0.25) is 0 Å². The lowest BCUT2D eigenvalue weighted by atomic mass is 10.2. The van der Waals surface area contributed by atoms with Crippen molar-refractivity contribution in [3.05, 3.63) is 0 Å². The molecule has 3 amide bonds. The Morgan fingerprint density at radius 2 is 2.27 bits per heavy atom. The average Bonchev–Trinajstić information content (AvgIpc) is 2.26. The molecule has 6 heteroatoms. The zero-order valence-corrected chi connectivity index (χ0v) is 5.79. The molecule has 1 saturated heterocycles. The highest BCUT2D eigenvalue weighted by Gasteiger charge is 2.28. The van der Waals surface area contributed by atoms with Gasteiger partial charge in [0.2, 0.25) is 0 Å². The Hall–Kier alpha value is -1.14. The first kappa shape index (κ1) is 7.96. The van der Waals surface area contributed by atoms with Crippen LogP contribution in [0.5, 0.6) is 0 Å². The second-order valence-corrected chi connectivity index (χ2v) is 2.17. The Balaban J connectivity index is 2.34. The monoisotopic (exact) mass is 159 g/mol. The lowest BCUT2D eigenvalue weighted by molar-refractivity contribution is -0.120. The van der Waals surface area contributed by atoms with Gasteiger partial charge in [0.25, 0.3) is 5.91 Å². The third-order valence-electron chi connectivity index (χ3n) is 1.38. The van der Waals surface area contributed by atoms with Gasteiger partial charge in [0.1, 0.15) is 6.04 Å². The van der Waals surface area contributed by atoms with E-state index in [9.17, 15) is 9.59 Å². The lowest BCUT2D eigenvalue weighted by Crippen LogP contribution is -2.30. The third kappa shape index (κ3) is 1.89. The molecule has 1 fully saturated rings. The summed E-state index contributed by atoms with van der Waals surface area (Å²) in [5, 5.41) is 4.49. The molecule has 1 unspecified atom stereocenters. The van der Waals surface area contributed by atoms with Gasteiger partial charge < -0.3 is 10.2 Å². The van der Waals surface area contributed by atoms with Crippen LogP contribution in [0.3, 0.4) is 0 Å². The topological polar surface area (TPSA) is 93.4 Å². The van der Waals surface area contributed by atoms with E-state index in [4.69, 9.17) is 5.90 Å². The van der Waals surface area contributed by atoms with E-state index in [-0.39, 0.29) is 12.5 Å². The molecule has 1 aliphatic heterocycles. The highest BCUT2D eigenvalue weighted by molar-refractivity contribution is 6.04. The van der Waals surface area contributed by atoms with Crippen molar-refractivity contribution >= 4 is 11.9 Å². The zero-order chi connectivity index (χ0) is 8.27. The van der Waals surface area contributed by atoms with Crippen LogP contribution in [0.4, 0.5) is 4.79 Å². The van der Waals surface area contributed by atoms with Gasteiger partial charge in [-0.3, -0.25) is 10.1 Å². The molecule has 1 heterocycles. The molecule has 11 heavy (non-hydrogen) atoms. The molecule has 1 rings (SSSR count). The largest absolute Gasteiger partial charge is 0.326 e. The number of amides is 3. The zero-order valence-electron chi connectivity index (χ0n) is 5.79. The van der Waals surface area contributed by atoms with E-state index in [0.717, 1.165) is 0 Å². The summed E-state index contributed by atoms with van der Waals surface area (Å²) in [7, 11) is 0. The van der Waals surface area contributed by atoms with E-state index >= 15 is 0 Å². The second-order valence-electron chi connectivity index (χ2n) is 2.17. The summed E-state index contributed by atoms with van der Waals surface area (Å²) >= 11 is 0. The molecule has 62 valence electrons. The van der Waals surface area contributed by atoms with Crippen LogP contribution in [-0.2, 0) is 9.63 Å². The maximum atomic E-state index is 10.8. The van der Waals surface area contributed by atoms with Crippen molar-refractivity contribution in [3.63, 3.8) is 0 Å². The van der Waals surface area contributed by atoms with Crippen molar-refractivity contribution in [1.29, 1.82) is 0 Å². The molecule has 0 bridgehead atoms. The van der Waals surface area contributed by atoms with Crippen LogP contribution in [-0.4, -0.2) is 24.6 Å². The van der Waals surface area contributed by atoms with E-state index in [1.807, 2.05) is 0 Å². The average molecular weight is 159 g/mol. The van der Waals surface area contributed by atoms with Crippen molar-refractivity contribution in [2.75, 3.05) is 6.61 Å². The summed E-state index contributed by atoms with van der Waals surface area (Å²) in [4.78, 5) is 25.6. The minimum absolute atomic E-state index is 0.248. The highest BCUT2D eigenvalue weighted by Crippen LogP contribution is 1.97. The molecule has 1 aliphatic rings. The summed E-state index contributed by atoms with van der Waals surface area (Å²) in [6.07, 6.45) is 0.397. The van der Waals surface area contributed by atoms with Crippen LogP contribution in [0.1, 0.15) is 6.42 Å². The molecule has 1 atom stereocenters. The highest BCUT2D eigenvalue weighted by atomic mass is 16.6. The van der Waals surface area contributed by atoms with E-state index in [0.29, 0.717) is 6.42 Å². The molecular weight excluding hydrogens is 150 g/mol. The first-order valence-electron chi connectivity index (χ1n) is 3.17. The van der Waals surface area contributed by atoms with Crippen LogP contribution < -0.4 is 16.5 Å². The van der Waals surface area contributed by atoms with Crippen LogP contribution in [0.25, 0.3) is 0 Å². The number of hydrogen-bond acceptors (Lipinski definition) is 4. The minimum atomic E-state index is -0.494. The van der Waals surface area contributed by atoms with Crippen molar-refractivity contribution in [3.8, 4) is 0 Å². The minimum Gasteiger partial charge on any atom is -0.326 e. The fraction of sp³-hybridized carbons (Fsp3) is 0.600. The Kier molecular flexibility index (Phi) is 2.40. The van der Waals surface area contributed by atoms with Gasteiger partial charge in [0, 0.05) is 6.42 Å². The van der Waals surface area contributed by atoms with Gasteiger partial charge in [-0.05, 0) is 0 Å². The molecule has 0 aromatic rings. The predicted octanol–water partition coefficient (Wildman–Crippen LogP) is -1.53. The van der Waals surface area contributed by atoms with Crippen molar-refractivity contribution < 1.29 is 14.4 Å². The molecule has 0 aromatic carbocycles. The van der Waals surface area contributed by atoms with Crippen molar-refractivity contribution in [1.82, 2.24) is 10.6 Å². The first-order chi connectivity index (χ1) is 5.24. The first-order valence-corrected chi connectivity index (χ1v) is 3.17. The van der Waals surface area contributed by atoms with Gasteiger partial charge >= 0.3 is 6.03 Å². The standard InChI is InChI=1S/C5H9N3O3/c6-11-2-1-3-4(9)8-5(10)7-3/h3H,1-2,6H2,(H2,7,8,9,10). The number of urea groups is 1. The molecule has 0 radical (unpaired) electrons. The Labute approximate surface area is 63.0 Å². The SMILES string of the molecule is NOCCC1NC(=O)NC1=O. The summed E-state index contributed by atoms with van der Waals surface area (Å²) in [6, 6.07) is -0.955. The van der Waals surface area contributed by atoms with Gasteiger partial charge in [-0.25, -0.2) is 10.7 Å². The van der Waals surface area contributed by atoms with Crippen LogP contribution in [0, 0.1) is 0 Å². The normalized spacial score (nSPS) is 23.2. The number of imide groups is 1. The smallest absolute Gasteiger partial charge is 0.322 e. The van der Waals surface area contributed by atoms with Gasteiger partial charge in [-0.1, -0.05) is 0 Å². The Morgan fingerprint density at radius 3 is 2.73 bits per heavy atom. The molecule has 6 nitrogen and oxygen atoms in total. The predicted molar refractivity (Wildman–Crippen MR) is 35.2 cm³/mol. The van der Waals surface area contributed by atoms with Gasteiger partial charge in [-0.2, -0.15) is 0 Å². The van der Waals surface area contributed by atoms with Crippen LogP contribution in [0.15, 0.2) is 0 Å².